The van der Waals surface area contributed by atoms with Crippen LogP contribution in [-0.2, 0) is 6.42 Å². The van der Waals surface area contributed by atoms with E-state index in [0.29, 0.717) is 22.0 Å². The van der Waals surface area contributed by atoms with Gasteiger partial charge in [0.2, 0.25) is 0 Å². The molecule has 2 nitrogen and oxygen atoms in total. The number of nitrogens with zero attached hydrogens (tertiary/aromatic N) is 1. The number of likely N-dealkylation sites (tertiary alicyclic amines) is 1. The third-order valence-electron chi connectivity index (χ3n) is 3.91. The highest BCUT2D eigenvalue weighted by molar-refractivity contribution is 6.42. The van der Waals surface area contributed by atoms with Gasteiger partial charge in [-0.2, -0.15) is 0 Å². The van der Waals surface area contributed by atoms with Gasteiger partial charge >= 0.3 is 0 Å². The van der Waals surface area contributed by atoms with Crippen LogP contribution in [0.3, 0.4) is 0 Å². The van der Waals surface area contributed by atoms with Crippen LogP contribution in [0.2, 0.25) is 10.0 Å². The average molecular weight is 287 g/mol. The summed E-state index contributed by atoms with van der Waals surface area (Å²) in [7, 11) is 2.19. The summed E-state index contributed by atoms with van der Waals surface area (Å²) < 4.78 is 0. The Kier molecular flexibility index (Phi) is 4.91. The fourth-order valence-corrected chi connectivity index (χ4v) is 3.24. The van der Waals surface area contributed by atoms with Gasteiger partial charge in [0.05, 0.1) is 10.0 Å². The average Bonchev–Trinajstić information content (AvgIpc) is 2.67. The molecule has 0 bridgehead atoms. The number of halogens is 2. The van der Waals surface area contributed by atoms with E-state index in [4.69, 9.17) is 28.9 Å². The van der Waals surface area contributed by atoms with Gasteiger partial charge in [0, 0.05) is 6.04 Å². The molecule has 0 aliphatic carbocycles. The Balaban J connectivity index is 2.05. The van der Waals surface area contributed by atoms with Gasteiger partial charge in [-0.15, -0.1) is 0 Å². The smallest absolute Gasteiger partial charge is 0.0595 e. The highest BCUT2D eigenvalue weighted by Gasteiger charge is 2.30. The topological polar surface area (TPSA) is 29.3 Å². The number of hydrogen-bond acceptors (Lipinski definition) is 2. The van der Waals surface area contributed by atoms with Gasteiger partial charge in [-0.25, -0.2) is 0 Å². The second-order valence-corrected chi connectivity index (χ2v) is 5.94. The Morgan fingerprint density at radius 3 is 2.78 bits per heavy atom. The summed E-state index contributed by atoms with van der Waals surface area (Å²) >= 11 is 12.0. The Bertz CT molecular complexity index is 409. The normalized spacial score (nSPS) is 24.7. The first kappa shape index (κ1) is 14.1. The van der Waals surface area contributed by atoms with Gasteiger partial charge in [0.25, 0.3) is 0 Å². The van der Waals surface area contributed by atoms with Crippen LogP contribution in [0.4, 0.5) is 0 Å². The summed E-state index contributed by atoms with van der Waals surface area (Å²) in [6.45, 7) is 1.92. The minimum absolute atomic E-state index is 0.601. The summed E-state index contributed by atoms with van der Waals surface area (Å²) in [4.78, 5) is 2.43. The Labute approximate surface area is 119 Å². The van der Waals surface area contributed by atoms with Crippen molar-refractivity contribution in [1.82, 2.24) is 4.90 Å². The molecule has 4 heteroatoms. The van der Waals surface area contributed by atoms with E-state index in [1.165, 1.54) is 12.0 Å². The van der Waals surface area contributed by atoms with Gasteiger partial charge in [-0.3, -0.25) is 0 Å². The Hall–Kier alpha value is -0.280. The van der Waals surface area contributed by atoms with Crippen LogP contribution in [-0.4, -0.2) is 31.1 Å². The van der Waals surface area contributed by atoms with Gasteiger partial charge < -0.3 is 10.6 Å². The molecule has 0 aromatic heterocycles. The third-order valence-corrected chi connectivity index (χ3v) is 4.65. The van der Waals surface area contributed by atoms with Crippen molar-refractivity contribution in [2.45, 2.75) is 25.3 Å². The van der Waals surface area contributed by atoms with Crippen LogP contribution in [0.15, 0.2) is 18.2 Å². The molecule has 0 spiro atoms. The molecule has 1 fully saturated rings. The fourth-order valence-electron chi connectivity index (χ4n) is 2.92. The highest BCUT2D eigenvalue weighted by Crippen LogP contribution is 2.30. The largest absolute Gasteiger partial charge is 0.330 e. The Morgan fingerprint density at radius 1 is 1.33 bits per heavy atom. The van der Waals surface area contributed by atoms with Crippen LogP contribution in [0.25, 0.3) is 0 Å². The second kappa shape index (κ2) is 6.25. The first-order valence-corrected chi connectivity index (χ1v) is 7.21. The van der Waals surface area contributed by atoms with Crippen molar-refractivity contribution >= 4 is 23.2 Å². The predicted molar refractivity (Wildman–Crippen MR) is 78.4 cm³/mol. The molecule has 1 heterocycles. The lowest BCUT2D eigenvalue weighted by Gasteiger charge is -2.24. The number of rotatable bonds is 4. The predicted octanol–water partition coefficient (Wildman–Crippen LogP) is 3.21. The first-order chi connectivity index (χ1) is 8.61. The van der Waals surface area contributed by atoms with E-state index >= 15 is 0 Å². The summed E-state index contributed by atoms with van der Waals surface area (Å²) in [6.07, 6.45) is 3.37. The third kappa shape index (κ3) is 3.18. The minimum Gasteiger partial charge on any atom is -0.330 e. The molecule has 2 N–H and O–H groups in total. The molecular weight excluding hydrogens is 267 g/mol. The van der Waals surface area contributed by atoms with E-state index in [1.54, 1.807) is 0 Å². The molecule has 1 aromatic rings. The van der Waals surface area contributed by atoms with Crippen LogP contribution in [0, 0.1) is 5.92 Å². The molecule has 2 atom stereocenters. The van der Waals surface area contributed by atoms with E-state index in [-0.39, 0.29) is 0 Å². The maximum Gasteiger partial charge on any atom is 0.0595 e. The molecular formula is C14H20Cl2N2. The van der Waals surface area contributed by atoms with E-state index < -0.39 is 0 Å². The lowest BCUT2D eigenvalue weighted by Crippen LogP contribution is -2.32. The van der Waals surface area contributed by atoms with Crippen molar-refractivity contribution in [3.63, 3.8) is 0 Å². The quantitative estimate of drug-likeness (QED) is 0.921. The standard InChI is InChI=1S/C14H20Cl2N2/c1-18-7-5-11(14(18)4-6-17)8-10-2-3-12(15)13(16)9-10/h2-3,9,11,14H,4-8,17H2,1H3/t11?,14-/m0/s1. The second-order valence-electron chi connectivity index (χ2n) is 5.13. The molecule has 0 radical (unpaired) electrons. The van der Waals surface area contributed by atoms with Gasteiger partial charge in [-0.1, -0.05) is 29.3 Å². The molecule has 0 amide bonds. The van der Waals surface area contributed by atoms with Crippen molar-refractivity contribution in [2.24, 2.45) is 11.7 Å². The van der Waals surface area contributed by atoms with Crippen LogP contribution in [0.5, 0.6) is 0 Å². The van der Waals surface area contributed by atoms with Crippen molar-refractivity contribution in [2.75, 3.05) is 20.1 Å². The molecule has 18 heavy (non-hydrogen) atoms. The maximum absolute atomic E-state index is 6.06. The zero-order chi connectivity index (χ0) is 13.1. The van der Waals surface area contributed by atoms with Gasteiger partial charge in [-0.05, 0) is 63.0 Å². The SMILES string of the molecule is CN1CCC(Cc2ccc(Cl)c(Cl)c2)[C@@H]1CCN. The minimum atomic E-state index is 0.601. The lowest BCUT2D eigenvalue weighted by atomic mass is 9.91. The van der Waals surface area contributed by atoms with Gasteiger partial charge in [0.15, 0.2) is 0 Å². The van der Waals surface area contributed by atoms with Crippen LogP contribution < -0.4 is 5.73 Å². The van der Waals surface area contributed by atoms with Crippen molar-refractivity contribution in [1.29, 1.82) is 0 Å². The summed E-state index contributed by atoms with van der Waals surface area (Å²) in [5.41, 5.74) is 6.98. The molecule has 0 saturated carbocycles. The zero-order valence-corrected chi connectivity index (χ0v) is 12.2. The molecule has 1 aliphatic heterocycles. The first-order valence-electron chi connectivity index (χ1n) is 6.46. The fraction of sp³-hybridized carbons (Fsp3) is 0.571. The highest BCUT2D eigenvalue weighted by atomic mass is 35.5. The van der Waals surface area contributed by atoms with Crippen molar-refractivity contribution in [3.05, 3.63) is 33.8 Å². The number of hydrogen-bond donors (Lipinski definition) is 1. The van der Waals surface area contributed by atoms with E-state index in [2.05, 4.69) is 18.0 Å². The zero-order valence-electron chi connectivity index (χ0n) is 10.7. The van der Waals surface area contributed by atoms with Gasteiger partial charge in [0.1, 0.15) is 0 Å². The van der Waals surface area contributed by atoms with E-state index in [9.17, 15) is 0 Å². The van der Waals surface area contributed by atoms with E-state index in [1.807, 2.05) is 12.1 Å². The number of benzene rings is 1. The molecule has 1 aliphatic rings. The van der Waals surface area contributed by atoms with Crippen LogP contribution in [0.1, 0.15) is 18.4 Å². The molecule has 2 rings (SSSR count). The van der Waals surface area contributed by atoms with Crippen LogP contribution >= 0.6 is 23.2 Å². The van der Waals surface area contributed by atoms with E-state index in [0.717, 1.165) is 25.9 Å². The number of nitrogens with two attached hydrogens (primary N) is 1. The molecule has 100 valence electrons. The van der Waals surface area contributed by atoms with Crippen molar-refractivity contribution in [3.8, 4) is 0 Å². The molecule has 1 saturated heterocycles. The lowest BCUT2D eigenvalue weighted by molar-refractivity contribution is 0.259. The summed E-state index contributed by atoms with van der Waals surface area (Å²) in [5, 5.41) is 1.28. The summed E-state index contributed by atoms with van der Waals surface area (Å²) in [6, 6.07) is 6.55. The molecule has 1 aromatic carbocycles. The Morgan fingerprint density at radius 2 is 2.11 bits per heavy atom. The monoisotopic (exact) mass is 286 g/mol. The maximum atomic E-state index is 6.06. The summed E-state index contributed by atoms with van der Waals surface area (Å²) in [5.74, 6) is 0.677. The van der Waals surface area contributed by atoms with Crippen molar-refractivity contribution < 1.29 is 0 Å². The molecule has 1 unspecified atom stereocenters.